The fourth-order valence-corrected chi connectivity index (χ4v) is 3.89. The largest absolute Gasteiger partial charge is 0.406 e. The van der Waals surface area contributed by atoms with Crippen LogP contribution in [0, 0.1) is 0 Å². The summed E-state index contributed by atoms with van der Waals surface area (Å²) < 4.78 is 40.8. The summed E-state index contributed by atoms with van der Waals surface area (Å²) in [6.07, 6.45) is -2.99. The maximum absolute atomic E-state index is 13.2. The summed E-state index contributed by atoms with van der Waals surface area (Å²) in [5, 5.41) is 2.44. The number of benzene rings is 2. The van der Waals surface area contributed by atoms with Crippen LogP contribution in [0.1, 0.15) is 25.5 Å². The summed E-state index contributed by atoms with van der Waals surface area (Å²) in [5.41, 5.74) is 1.95. The lowest BCUT2D eigenvalue weighted by Crippen LogP contribution is -2.33. The number of imidazole rings is 1. The van der Waals surface area contributed by atoms with Crippen molar-refractivity contribution in [3.8, 4) is 11.3 Å². The molecule has 1 amide bonds. The molecule has 30 heavy (non-hydrogen) atoms. The molecule has 1 aromatic heterocycles. The number of amides is 1. The molecule has 0 aliphatic heterocycles. The van der Waals surface area contributed by atoms with E-state index in [4.69, 9.17) is 0 Å². The van der Waals surface area contributed by atoms with E-state index in [0.29, 0.717) is 11.3 Å². The molecule has 0 aliphatic carbocycles. The van der Waals surface area contributed by atoms with Gasteiger partial charge in [-0.3, -0.25) is 4.79 Å². The van der Waals surface area contributed by atoms with Crippen LogP contribution in [0.5, 0.6) is 0 Å². The number of rotatable bonds is 7. The van der Waals surface area contributed by atoms with E-state index in [1.165, 1.54) is 6.20 Å². The molecule has 0 spiro atoms. The van der Waals surface area contributed by atoms with Gasteiger partial charge in [-0.2, -0.15) is 13.2 Å². The Morgan fingerprint density at radius 2 is 1.67 bits per heavy atom. The van der Waals surface area contributed by atoms with Gasteiger partial charge >= 0.3 is 6.18 Å². The van der Waals surface area contributed by atoms with Gasteiger partial charge in [0.25, 0.3) is 0 Å². The lowest BCUT2D eigenvalue weighted by Gasteiger charge is -2.19. The molecule has 8 heteroatoms. The molecule has 4 nitrogen and oxygen atoms in total. The standard InChI is InChI=1S/C22H22F3N3OS/c1-15(17-9-5-3-6-10-17)27-20(29)16(2)30-21-26-13-19(18-11-7-4-8-12-18)28(21)14-22(23,24)25/h3-13,15-16H,14H2,1-2H3,(H,27,29). The molecule has 0 aliphatic rings. The van der Waals surface area contributed by atoms with Crippen molar-refractivity contribution in [3.05, 3.63) is 72.4 Å². The quantitative estimate of drug-likeness (QED) is 0.503. The lowest BCUT2D eigenvalue weighted by atomic mass is 10.1. The van der Waals surface area contributed by atoms with Crippen LogP contribution in [-0.2, 0) is 11.3 Å². The third kappa shape index (κ3) is 5.66. The Morgan fingerprint density at radius 1 is 1.07 bits per heavy atom. The Hall–Kier alpha value is -2.74. The molecule has 1 heterocycles. The van der Waals surface area contributed by atoms with Gasteiger partial charge in [-0.1, -0.05) is 72.4 Å². The second-order valence-electron chi connectivity index (χ2n) is 6.89. The zero-order valence-corrected chi connectivity index (χ0v) is 17.4. The molecule has 158 valence electrons. The second-order valence-corrected chi connectivity index (χ2v) is 8.20. The van der Waals surface area contributed by atoms with Gasteiger partial charge in [0.2, 0.25) is 5.91 Å². The topological polar surface area (TPSA) is 46.9 Å². The highest BCUT2D eigenvalue weighted by Crippen LogP contribution is 2.32. The van der Waals surface area contributed by atoms with E-state index < -0.39 is 18.0 Å². The van der Waals surface area contributed by atoms with Crippen molar-refractivity contribution in [2.75, 3.05) is 0 Å². The average Bonchev–Trinajstić information content (AvgIpc) is 3.09. The maximum atomic E-state index is 13.2. The Morgan fingerprint density at radius 3 is 2.27 bits per heavy atom. The van der Waals surface area contributed by atoms with Gasteiger partial charge < -0.3 is 9.88 Å². The van der Waals surface area contributed by atoms with E-state index in [1.807, 2.05) is 37.3 Å². The Labute approximate surface area is 177 Å². The third-order valence-electron chi connectivity index (χ3n) is 4.54. The van der Waals surface area contributed by atoms with Crippen LogP contribution in [0.4, 0.5) is 13.2 Å². The Balaban J connectivity index is 1.78. The highest BCUT2D eigenvalue weighted by molar-refractivity contribution is 8.00. The minimum atomic E-state index is -4.41. The van der Waals surface area contributed by atoms with Crippen molar-refractivity contribution >= 4 is 17.7 Å². The molecule has 2 unspecified atom stereocenters. The first kappa shape index (κ1) is 22.0. The first-order valence-corrected chi connectivity index (χ1v) is 10.3. The van der Waals surface area contributed by atoms with Crippen molar-refractivity contribution < 1.29 is 18.0 Å². The van der Waals surface area contributed by atoms with E-state index in [0.717, 1.165) is 21.9 Å². The predicted molar refractivity (Wildman–Crippen MR) is 112 cm³/mol. The van der Waals surface area contributed by atoms with Gasteiger partial charge in [-0.25, -0.2) is 4.98 Å². The lowest BCUT2D eigenvalue weighted by molar-refractivity contribution is -0.141. The number of hydrogen-bond acceptors (Lipinski definition) is 3. The molecular weight excluding hydrogens is 411 g/mol. The molecule has 0 saturated heterocycles. The minimum Gasteiger partial charge on any atom is -0.349 e. The van der Waals surface area contributed by atoms with Gasteiger partial charge in [-0.05, 0) is 25.0 Å². The van der Waals surface area contributed by atoms with Crippen molar-refractivity contribution in [2.45, 2.75) is 43.0 Å². The van der Waals surface area contributed by atoms with Gasteiger partial charge in [-0.15, -0.1) is 0 Å². The first-order chi connectivity index (χ1) is 14.2. The summed E-state index contributed by atoms with van der Waals surface area (Å²) in [6.45, 7) is 2.35. The van der Waals surface area contributed by atoms with E-state index in [1.54, 1.807) is 37.3 Å². The fraction of sp³-hybridized carbons (Fsp3) is 0.273. The minimum absolute atomic E-state index is 0.154. The van der Waals surface area contributed by atoms with Gasteiger partial charge in [0, 0.05) is 0 Å². The number of nitrogens with one attached hydrogen (secondary N) is 1. The van der Waals surface area contributed by atoms with Crippen LogP contribution in [0.15, 0.2) is 72.0 Å². The SMILES string of the molecule is CC(Sc1ncc(-c2ccccc2)n1CC(F)(F)F)C(=O)NC(C)c1ccccc1. The third-order valence-corrected chi connectivity index (χ3v) is 5.64. The van der Waals surface area contributed by atoms with E-state index in [-0.39, 0.29) is 17.1 Å². The smallest absolute Gasteiger partial charge is 0.349 e. The predicted octanol–water partition coefficient (Wildman–Crippen LogP) is 5.47. The number of nitrogens with zero attached hydrogens (tertiary/aromatic N) is 2. The van der Waals surface area contributed by atoms with Crippen LogP contribution >= 0.6 is 11.8 Å². The first-order valence-electron chi connectivity index (χ1n) is 9.44. The van der Waals surface area contributed by atoms with Crippen molar-refractivity contribution in [3.63, 3.8) is 0 Å². The molecule has 1 N–H and O–H groups in total. The number of thioether (sulfide) groups is 1. The summed E-state index contributed by atoms with van der Waals surface area (Å²) in [6, 6.07) is 18.0. The molecular formula is C22H22F3N3OS. The van der Waals surface area contributed by atoms with Gasteiger partial charge in [0.05, 0.1) is 23.2 Å². The Bertz CT molecular complexity index is 974. The van der Waals surface area contributed by atoms with Crippen LogP contribution in [-0.4, -0.2) is 26.9 Å². The van der Waals surface area contributed by atoms with E-state index >= 15 is 0 Å². The highest BCUT2D eigenvalue weighted by atomic mass is 32.2. The van der Waals surface area contributed by atoms with Gasteiger partial charge in [0.15, 0.2) is 5.16 Å². The summed E-state index contributed by atoms with van der Waals surface area (Å²) >= 11 is 1.01. The number of carbonyl (C=O) groups is 1. The molecule has 2 atom stereocenters. The van der Waals surface area contributed by atoms with Crippen LogP contribution in [0.25, 0.3) is 11.3 Å². The number of alkyl halides is 3. The average molecular weight is 433 g/mol. The normalized spacial score (nSPS) is 13.6. The highest BCUT2D eigenvalue weighted by Gasteiger charge is 2.31. The Kier molecular flexibility index (Phi) is 6.87. The molecule has 3 aromatic rings. The molecule has 2 aromatic carbocycles. The number of hydrogen-bond donors (Lipinski definition) is 1. The summed E-state index contributed by atoms with van der Waals surface area (Å²) in [7, 11) is 0. The van der Waals surface area contributed by atoms with Crippen LogP contribution in [0.2, 0.25) is 0 Å². The van der Waals surface area contributed by atoms with E-state index in [9.17, 15) is 18.0 Å². The molecule has 3 rings (SSSR count). The maximum Gasteiger partial charge on any atom is 0.406 e. The van der Waals surface area contributed by atoms with E-state index in [2.05, 4.69) is 10.3 Å². The zero-order chi connectivity index (χ0) is 21.7. The monoisotopic (exact) mass is 433 g/mol. The fourth-order valence-electron chi connectivity index (χ4n) is 2.99. The van der Waals surface area contributed by atoms with Crippen molar-refractivity contribution in [1.29, 1.82) is 0 Å². The summed E-state index contributed by atoms with van der Waals surface area (Å²) in [4.78, 5) is 16.8. The summed E-state index contributed by atoms with van der Waals surface area (Å²) in [5.74, 6) is -0.265. The molecule has 0 fully saturated rings. The second kappa shape index (κ2) is 9.38. The van der Waals surface area contributed by atoms with Crippen LogP contribution < -0.4 is 5.32 Å². The molecule has 0 saturated carbocycles. The van der Waals surface area contributed by atoms with Crippen molar-refractivity contribution in [2.24, 2.45) is 0 Å². The number of aromatic nitrogens is 2. The van der Waals surface area contributed by atoms with Crippen LogP contribution in [0.3, 0.4) is 0 Å². The zero-order valence-electron chi connectivity index (χ0n) is 16.6. The number of carbonyl (C=O) groups excluding carboxylic acids is 1. The van der Waals surface area contributed by atoms with Crippen molar-refractivity contribution in [1.82, 2.24) is 14.9 Å². The molecule has 0 bridgehead atoms. The molecule has 0 radical (unpaired) electrons. The van der Waals surface area contributed by atoms with Gasteiger partial charge in [0.1, 0.15) is 6.54 Å². The number of halogens is 3.